The van der Waals surface area contributed by atoms with E-state index in [4.69, 9.17) is 21.6 Å². The average molecular weight is 251 g/mol. The molecule has 4 nitrogen and oxygen atoms in total. The Morgan fingerprint density at radius 2 is 2.41 bits per heavy atom. The number of aryl methyl sites for hydroxylation is 1. The summed E-state index contributed by atoms with van der Waals surface area (Å²) in [5, 5.41) is 9.16. The Hall–Kier alpha value is -1.73. The smallest absolute Gasteiger partial charge is 0.414 e. The van der Waals surface area contributed by atoms with E-state index >= 15 is 0 Å². The van der Waals surface area contributed by atoms with Crippen molar-refractivity contribution < 1.29 is 9.53 Å². The van der Waals surface area contributed by atoms with Crippen LogP contribution in [0.15, 0.2) is 18.2 Å². The van der Waals surface area contributed by atoms with Gasteiger partial charge >= 0.3 is 6.09 Å². The summed E-state index contributed by atoms with van der Waals surface area (Å²) in [6, 6.07) is 7.35. The fraction of sp³-hybridized carbons (Fsp3) is 0.333. The lowest BCUT2D eigenvalue weighted by Crippen LogP contribution is -2.25. The van der Waals surface area contributed by atoms with Crippen molar-refractivity contribution >= 4 is 23.4 Å². The normalized spacial score (nSPS) is 19.0. The molecule has 0 saturated carbocycles. The number of carbonyl (C=O) groups excluding carboxylic acids is 1. The van der Waals surface area contributed by atoms with Crippen molar-refractivity contribution in [1.82, 2.24) is 0 Å². The molecule has 1 aromatic carbocycles. The van der Waals surface area contributed by atoms with Gasteiger partial charge in [0.25, 0.3) is 0 Å². The first-order valence-electron chi connectivity index (χ1n) is 5.23. The third-order valence-corrected chi connectivity index (χ3v) is 2.89. The van der Waals surface area contributed by atoms with Crippen LogP contribution in [0.4, 0.5) is 10.5 Å². The van der Waals surface area contributed by atoms with Gasteiger partial charge in [-0.05, 0) is 24.6 Å². The maximum Gasteiger partial charge on any atom is 0.414 e. The van der Waals surface area contributed by atoms with Crippen LogP contribution in [0.25, 0.3) is 0 Å². The number of nitriles is 1. The molecule has 1 heterocycles. The molecule has 1 atom stereocenters. The molecule has 1 aliphatic rings. The molecular weight excluding hydrogens is 240 g/mol. The zero-order valence-electron chi connectivity index (χ0n) is 9.31. The second-order valence-electron chi connectivity index (χ2n) is 3.91. The van der Waals surface area contributed by atoms with Crippen LogP contribution in [0.3, 0.4) is 0 Å². The van der Waals surface area contributed by atoms with Crippen molar-refractivity contribution in [3.8, 4) is 6.07 Å². The van der Waals surface area contributed by atoms with Crippen LogP contribution in [0, 0.1) is 18.3 Å². The number of carbonyl (C=O) groups is 1. The van der Waals surface area contributed by atoms with Crippen LogP contribution in [0.5, 0.6) is 0 Å². The molecule has 1 unspecified atom stereocenters. The molecule has 1 fully saturated rings. The van der Waals surface area contributed by atoms with Crippen LogP contribution in [-0.4, -0.2) is 18.7 Å². The number of nitrogens with zero attached hydrogens (tertiary/aromatic N) is 2. The van der Waals surface area contributed by atoms with E-state index in [0.29, 0.717) is 11.6 Å². The van der Waals surface area contributed by atoms with Gasteiger partial charge in [0.15, 0.2) is 0 Å². The van der Waals surface area contributed by atoms with E-state index in [1.165, 1.54) is 4.90 Å². The summed E-state index contributed by atoms with van der Waals surface area (Å²) in [7, 11) is 0. The molecule has 0 bridgehead atoms. The third-order valence-electron chi connectivity index (χ3n) is 2.66. The Kier molecular flexibility index (Phi) is 3.21. The summed E-state index contributed by atoms with van der Waals surface area (Å²) in [6.45, 7) is 2.30. The van der Waals surface area contributed by atoms with Gasteiger partial charge in [-0.25, -0.2) is 4.79 Å². The van der Waals surface area contributed by atoms with E-state index in [2.05, 4.69) is 0 Å². The molecule has 1 saturated heterocycles. The van der Waals surface area contributed by atoms with Crippen molar-refractivity contribution in [2.75, 3.05) is 11.4 Å². The molecule has 0 N–H and O–H groups in total. The quantitative estimate of drug-likeness (QED) is 0.811. The number of hydrogen-bond acceptors (Lipinski definition) is 3. The Bertz CT molecular complexity index is 496. The molecular formula is C12H11ClN2O2. The van der Waals surface area contributed by atoms with Crippen molar-refractivity contribution in [1.29, 1.82) is 5.26 Å². The van der Waals surface area contributed by atoms with Crippen molar-refractivity contribution in [3.05, 3.63) is 28.8 Å². The summed E-state index contributed by atoms with van der Waals surface area (Å²) >= 11 is 5.91. The summed E-state index contributed by atoms with van der Waals surface area (Å²) in [5.41, 5.74) is 1.69. The predicted octanol–water partition coefficient (Wildman–Crippen LogP) is 2.89. The van der Waals surface area contributed by atoms with Crippen molar-refractivity contribution in [3.63, 3.8) is 0 Å². The standard InChI is InChI=1S/C12H11ClN2O2/c1-8-2-3-9(13)6-11(8)15-7-10(4-5-14)17-12(15)16/h2-3,6,10H,4,7H2,1H3. The van der Waals surface area contributed by atoms with Gasteiger partial charge in [-0.1, -0.05) is 17.7 Å². The van der Waals surface area contributed by atoms with Crippen molar-refractivity contribution in [2.45, 2.75) is 19.4 Å². The topological polar surface area (TPSA) is 53.3 Å². The number of benzene rings is 1. The minimum absolute atomic E-state index is 0.210. The molecule has 1 aromatic rings. The lowest BCUT2D eigenvalue weighted by molar-refractivity contribution is 0.143. The highest BCUT2D eigenvalue weighted by atomic mass is 35.5. The number of rotatable bonds is 2. The Morgan fingerprint density at radius 3 is 3.12 bits per heavy atom. The van der Waals surface area contributed by atoms with E-state index in [1.54, 1.807) is 12.1 Å². The maximum absolute atomic E-state index is 11.7. The maximum atomic E-state index is 11.7. The number of anilines is 1. The van der Waals surface area contributed by atoms with E-state index in [9.17, 15) is 4.79 Å². The highest BCUT2D eigenvalue weighted by Crippen LogP contribution is 2.28. The first kappa shape index (κ1) is 11.7. The average Bonchev–Trinajstić information content (AvgIpc) is 2.64. The largest absolute Gasteiger partial charge is 0.443 e. The lowest BCUT2D eigenvalue weighted by atomic mass is 10.1. The van der Waals surface area contributed by atoms with Crippen molar-refractivity contribution in [2.24, 2.45) is 0 Å². The molecule has 0 aromatic heterocycles. The summed E-state index contributed by atoms with van der Waals surface area (Å²) in [6.07, 6.45) is -0.566. The Labute approximate surface area is 104 Å². The third kappa shape index (κ3) is 2.34. The van der Waals surface area contributed by atoms with Gasteiger partial charge in [0.1, 0.15) is 6.10 Å². The van der Waals surface area contributed by atoms with Crippen LogP contribution in [0.2, 0.25) is 5.02 Å². The highest BCUT2D eigenvalue weighted by molar-refractivity contribution is 6.31. The molecule has 2 rings (SSSR count). The van der Waals surface area contributed by atoms with Gasteiger partial charge in [0.05, 0.1) is 24.7 Å². The second kappa shape index (κ2) is 4.64. The second-order valence-corrected chi connectivity index (χ2v) is 4.35. The minimum atomic E-state index is -0.421. The SMILES string of the molecule is Cc1ccc(Cl)cc1N1CC(CC#N)OC1=O. The number of hydrogen-bond donors (Lipinski definition) is 0. The van der Waals surface area contributed by atoms with E-state index in [-0.39, 0.29) is 12.5 Å². The fourth-order valence-corrected chi connectivity index (χ4v) is 1.97. The van der Waals surface area contributed by atoms with E-state index < -0.39 is 6.09 Å². The van der Waals surface area contributed by atoms with E-state index in [1.807, 2.05) is 19.1 Å². The Balaban J connectivity index is 2.26. The number of amides is 1. The minimum Gasteiger partial charge on any atom is -0.443 e. The first-order chi connectivity index (χ1) is 8.11. The summed E-state index contributed by atoms with van der Waals surface area (Å²) in [5.74, 6) is 0. The monoisotopic (exact) mass is 250 g/mol. The summed E-state index contributed by atoms with van der Waals surface area (Å²) < 4.78 is 5.09. The van der Waals surface area contributed by atoms with Gasteiger partial charge in [0.2, 0.25) is 0 Å². The number of halogens is 1. The molecule has 1 aliphatic heterocycles. The number of ether oxygens (including phenoxy) is 1. The van der Waals surface area contributed by atoms with Gasteiger partial charge in [-0.3, -0.25) is 4.90 Å². The molecule has 5 heteroatoms. The van der Waals surface area contributed by atoms with Gasteiger partial charge in [-0.15, -0.1) is 0 Å². The molecule has 1 amide bonds. The first-order valence-corrected chi connectivity index (χ1v) is 5.61. The molecule has 17 heavy (non-hydrogen) atoms. The van der Waals surface area contributed by atoms with Crippen LogP contribution >= 0.6 is 11.6 Å². The zero-order chi connectivity index (χ0) is 12.4. The zero-order valence-corrected chi connectivity index (χ0v) is 10.1. The number of cyclic esters (lactones) is 1. The van der Waals surface area contributed by atoms with Gasteiger partial charge < -0.3 is 4.74 Å². The fourth-order valence-electron chi connectivity index (χ4n) is 1.80. The van der Waals surface area contributed by atoms with Gasteiger partial charge in [-0.2, -0.15) is 5.26 Å². The van der Waals surface area contributed by atoms with E-state index in [0.717, 1.165) is 11.3 Å². The van der Waals surface area contributed by atoms with Crippen LogP contribution in [0.1, 0.15) is 12.0 Å². The summed E-state index contributed by atoms with van der Waals surface area (Å²) in [4.78, 5) is 13.2. The molecule has 88 valence electrons. The molecule has 0 aliphatic carbocycles. The van der Waals surface area contributed by atoms with Crippen LogP contribution in [-0.2, 0) is 4.74 Å². The molecule has 0 radical (unpaired) electrons. The predicted molar refractivity (Wildman–Crippen MR) is 64.0 cm³/mol. The highest BCUT2D eigenvalue weighted by Gasteiger charge is 2.32. The Morgan fingerprint density at radius 1 is 1.65 bits per heavy atom. The lowest BCUT2D eigenvalue weighted by Gasteiger charge is -2.15. The van der Waals surface area contributed by atoms with Gasteiger partial charge in [0, 0.05) is 5.02 Å². The van der Waals surface area contributed by atoms with Crippen LogP contribution < -0.4 is 4.90 Å². The molecule has 0 spiro atoms.